The summed E-state index contributed by atoms with van der Waals surface area (Å²) in [7, 11) is 3.32. The van der Waals surface area contributed by atoms with Gasteiger partial charge in [-0.2, -0.15) is 0 Å². The van der Waals surface area contributed by atoms with E-state index in [1.54, 1.807) is 20.4 Å². The average molecular weight is 415 g/mol. The molecule has 0 N–H and O–H groups in total. The number of ether oxygens (including phenoxy) is 3. The molecule has 0 radical (unpaired) electrons. The molecule has 158 valence electrons. The molecule has 0 amide bonds. The molecule has 3 aromatic carbocycles. The van der Waals surface area contributed by atoms with E-state index in [0.717, 1.165) is 28.6 Å². The lowest BCUT2D eigenvalue weighted by Crippen LogP contribution is -2.52. The number of anilines is 2. The highest BCUT2D eigenvalue weighted by molar-refractivity contribution is 5.74. The van der Waals surface area contributed by atoms with Gasteiger partial charge in [0, 0.05) is 17.6 Å². The van der Waals surface area contributed by atoms with Gasteiger partial charge in [-0.25, -0.2) is 0 Å². The Labute approximate surface area is 183 Å². The van der Waals surface area contributed by atoms with Gasteiger partial charge in [0.15, 0.2) is 0 Å². The number of hydrogen-bond acceptors (Lipinski definition) is 5. The van der Waals surface area contributed by atoms with E-state index >= 15 is 0 Å². The van der Waals surface area contributed by atoms with Crippen LogP contribution >= 0.6 is 0 Å². The smallest absolute Gasteiger partial charge is 0.202 e. The Balaban J connectivity index is 1.75. The molecule has 5 nitrogen and oxygen atoms in total. The number of nitrogens with zero attached hydrogens (tertiary/aromatic N) is 2. The van der Waals surface area contributed by atoms with Crippen molar-refractivity contribution in [1.82, 2.24) is 0 Å². The standard InChI is InChI=1S/C26H26N2O3/c1-29-23-13-15-24(16-14-23)31-26(19-27-18-17-25(26)30-2)20-28(21-9-5-3-6-10-21)22-11-7-4-8-12-22/h3-18H,19-20H2,1-2H3. The third kappa shape index (κ3) is 4.56. The molecule has 0 aromatic heterocycles. The van der Waals surface area contributed by atoms with Gasteiger partial charge < -0.3 is 19.1 Å². The number of dihydropyridines is 1. The SMILES string of the molecule is COC1=CC=NCC1(CN(c1ccccc1)c1ccccc1)Oc1ccc(OC)cc1. The first-order valence-corrected chi connectivity index (χ1v) is 10.2. The summed E-state index contributed by atoms with van der Waals surface area (Å²) in [6, 6.07) is 28.1. The van der Waals surface area contributed by atoms with E-state index in [4.69, 9.17) is 14.2 Å². The summed E-state index contributed by atoms with van der Waals surface area (Å²) in [4.78, 5) is 6.77. The van der Waals surface area contributed by atoms with Crippen LogP contribution < -0.4 is 14.4 Å². The van der Waals surface area contributed by atoms with Crippen molar-refractivity contribution in [3.63, 3.8) is 0 Å². The number of methoxy groups -OCH3 is 2. The Morgan fingerprint density at radius 2 is 1.35 bits per heavy atom. The first kappa shape index (κ1) is 20.5. The van der Waals surface area contributed by atoms with Crippen molar-refractivity contribution in [3.8, 4) is 11.5 Å². The van der Waals surface area contributed by atoms with Crippen LogP contribution in [0.1, 0.15) is 0 Å². The van der Waals surface area contributed by atoms with Crippen LogP contribution in [0.5, 0.6) is 11.5 Å². The number of aliphatic imine (C=N–C) groups is 1. The van der Waals surface area contributed by atoms with Crippen LogP contribution in [-0.2, 0) is 4.74 Å². The van der Waals surface area contributed by atoms with Crippen LogP contribution in [0, 0.1) is 0 Å². The number of benzene rings is 3. The van der Waals surface area contributed by atoms with Gasteiger partial charge >= 0.3 is 0 Å². The summed E-state index contributed by atoms with van der Waals surface area (Å²) in [5, 5.41) is 0. The Morgan fingerprint density at radius 3 is 1.90 bits per heavy atom. The maximum atomic E-state index is 6.62. The summed E-state index contributed by atoms with van der Waals surface area (Å²) in [6.45, 7) is 0.957. The summed E-state index contributed by atoms with van der Waals surface area (Å²) in [5.74, 6) is 2.23. The second kappa shape index (κ2) is 9.39. The molecule has 0 saturated carbocycles. The molecule has 5 heteroatoms. The van der Waals surface area contributed by atoms with E-state index in [1.807, 2.05) is 66.7 Å². The van der Waals surface area contributed by atoms with Gasteiger partial charge in [0.1, 0.15) is 17.3 Å². The molecular formula is C26H26N2O3. The molecule has 0 fully saturated rings. The molecule has 1 heterocycles. The van der Waals surface area contributed by atoms with Crippen LogP contribution in [-0.4, -0.2) is 39.1 Å². The minimum absolute atomic E-state index is 0.439. The second-order valence-corrected chi connectivity index (χ2v) is 7.25. The molecular weight excluding hydrogens is 388 g/mol. The van der Waals surface area contributed by atoms with E-state index in [2.05, 4.69) is 34.2 Å². The Kier molecular flexibility index (Phi) is 6.22. The molecule has 1 atom stereocenters. The summed E-state index contributed by atoms with van der Waals surface area (Å²) < 4.78 is 17.7. The van der Waals surface area contributed by atoms with Crippen LogP contribution in [0.3, 0.4) is 0 Å². The van der Waals surface area contributed by atoms with Crippen molar-refractivity contribution in [2.24, 2.45) is 4.99 Å². The number of allylic oxidation sites excluding steroid dienone is 1. The second-order valence-electron chi connectivity index (χ2n) is 7.25. The normalized spacial score (nSPS) is 17.5. The van der Waals surface area contributed by atoms with Crippen LogP contribution in [0.2, 0.25) is 0 Å². The number of para-hydroxylation sites is 2. The minimum Gasteiger partial charge on any atom is -0.497 e. The first-order chi connectivity index (χ1) is 15.2. The zero-order valence-electron chi connectivity index (χ0n) is 17.8. The van der Waals surface area contributed by atoms with Crippen LogP contribution in [0.4, 0.5) is 11.4 Å². The summed E-state index contributed by atoms with van der Waals surface area (Å²) in [5.41, 5.74) is 1.33. The molecule has 3 aromatic rings. The van der Waals surface area contributed by atoms with Gasteiger partial charge in [0.25, 0.3) is 0 Å². The molecule has 0 bridgehead atoms. The van der Waals surface area contributed by atoms with Gasteiger partial charge in [-0.3, -0.25) is 4.99 Å². The lowest BCUT2D eigenvalue weighted by atomic mass is 9.96. The van der Waals surface area contributed by atoms with Crippen LogP contribution in [0.15, 0.2) is 102 Å². The maximum Gasteiger partial charge on any atom is 0.202 e. The van der Waals surface area contributed by atoms with Crippen molar-refractivity contribution >= 4 is 17.6 Å². The Morgan fingerprint density at radius 1 is 0.774 bits per heavy atom. The summed E-state index contributed by atoms with van der Waals surface area (Å²) in [6.07, 6.45) is 3.64. The van der Waals surface area contributed by atoms with E-state index < -0.39 is 5.60 Å². The van der Waals surface area contributed by atoms with Gasteiger partial charge in [0.05, 0.1) is 27.3 Å². The van der Waals surface area contributed by atoms with E-state index in [9.17, 15) is 0 Å². The van der Waals surface area contributed by atoms with Crippen molar-refractivity contribution in [1.29, 1.82) is 0 Å². The quantitative estimate of drug-likeness (QED) is 0.504. The largest absolute Gasteiger partial charge is 0.497 e. The van der Waals surface area contributed by atoms with E-state index in [-0.39, 0.29) is 0 Å². The van der Waals surface area contributed by atoms with Crippen molar-refractivity contribution in [3.05, 3.63) is 96.8 Å². The third-order valence-electron chi connectivity index (χ3n) is 5.27. The zero-order valence-corrected chi connectivity index (χ0v) is 17.8. The first-order valence-electron chi connectivity index (χ1n) is 10.2. The monoisotopic (exact) mass is 414 g/mol. The molecule has 0 spiro atoms. The lowest BCUT2D eigenvalue weighted by Gasteiger charge is -2.40. The van der Waals surface area contributed by atoms with Gasteiger partial charge in [-0.05, 0) is 54.6 Å². The zero-order chi connectivity index (χ0) is 21.5. The highest BCUT2D eigenvalue weighted by Gasteiger charge is 2.42. The topological polar surface area (TPSA) is 43.3 Å². The molecule has 4 rings (SSSR count). The van der Waals surface area contributed by atoms with Gasteiger partial charge in [-0.1, -0.05) is 36.4 Å². The number of hydrogen-bond donors (Lipinski definition) is 0. The Bertz CT molecular complexity index is 994. The maximum absolute atomic E-state index is 6.62. The minimum atomic E-state index is -0.802. The Hall–Kier alpha value is -3.73. The van der Waals surface area contributed by atoms with Crippen molar-refractivity contribution < 1.29 is 14.2 Å². The van der Waals surface area contributed by atoms with E-state index in [1.165, 1.54) is 0 Å². The molecule has 1 aliphatic heterocycles. The fourth-order valence-corrected chi connectivity index (χ4v) is 3.72. The average Bonchev–Trinajstić information content (AvgIpc) is 2.84. The van der Waals surface area contributed by atoms with Gasteiger partial charge in [-0.15, -0.1) is 0 Å². The molecule has 31 heavy (non-hydrogen) atoms. The third-order valence-corrected chi connectivity index (χ3v) is 5.27. The predicted molar refractivity (Wildman–Crippen MR) is 125 cm³/mol. The molecule has 0 aliphatic carbocycles. The highest BCUT2D eigenvalue weighted by atomic mass is 16.5. The highest BCUT2D eigenvalue weighted by Crippen LogP contribution is 2.34. The van der Waals surface area contributed by atoms with Crippen LogP contribution in [0.25, 0.3) is 0 Å². The molecule has 1 unspecified atom stereocenters. The lowest BCUT2D eigenvalue weighted by molar-refractivity contribution is 0.0596. The van der Waals surface area contributed by atoms with Crippen molar-refractivity contribution in [2.45, 2.75) is 5.60 Å². The molecule has 1 aliphatic rings. The fraction of sp³-hybridized carbons (Fsp3) is 0.192. The summed E-state index contributed by atoms with van der Waals surface area (Å²) >= 11 is 0. The van der Waals surface area contributed by atoms with Gasteiger partial charge in [0.2, 0.25) is 5.60 Å². The predicted octanol–water partition coefficient (Wildman–Crippen LogP) is 5.27. The fourth-order valence-electron chi connectivity index (χ4n) is 3.72. The van der Waals surface area contributed by atoms with Crippen molar-refractivity contribution in [2.75, 3.05) is 32.2 Å². The van der Waals surface area contributed by atoms with E-state index in [0.29, 0.717) is 13.1 Å². The molecule has 0 saturated heterocycles. The number of rotatable bonds is 8.